The molecule has 3 rings (SSSR count). The Kier molecular flexibility index (Phi) is 5.18. The number of ether oxygens (including phenoxy) is 1. The lowest BCUT2D eigenvalue weighted by Crippen LogP contribution is -2.30. The molecule has 1 saturated heterocycles. The number of rotatable bonds is 5. The summed E-state index contributed by atoms with van der Waals surface area (Å²) in [5, 5.41) is 0. The summed E-state index contributed by atoms with van der Waals surface area (Å²) in [6, 6.07) is 12.7. The molecule has 2 aromatic carbocycles. The van der Waals surface area contributed by atoms with Gasteiger partial charge in [0.05, 0.1) is 18.5 Å². The summed E-state index contributed by atoms with van der Waals surface area (Å²) < 4.78 is 33.9. The number of methoxy groups -OCH3 is 1. The zero-order valence-electron chi connectivity index (χ0n) is 14.7. The van der Waals surface area contributed by atoms with Gasteiger partial charge in [0.2, 0.25) is 0 Å². The van der Waals surface area contributed by atoms with Crippen molar-refractivity contribution in [2.45, 2.75) is 31.1 Å². The van der Waals surface area contributed by atoms with Crippen LogP contribution in [0, 0.1) is 6.92 Å². The van der Waals surface area contributed by atoms with Crippen molar-refractivity contribution in [3.05, 3.63) is 48.0 Å². The molecule has 0 amide bonds. The van der Waals surface area contributed by atoms with E-state index in [1.54, 1.807) is 12.1 Å². The van der Waals surface area contributed by atoms with E-state index in [-0.39, 0.29) is 4.90 Å². The molecule has 134 valence electrons. The molecule has 0 unspecified atom stereocenters. The standard InChI is InChI=1S/C19H24N2O3S/c1-15-10-11-18(24-2)19(14-15)25(22,23)20-16-8-4-5-9-17(16)21-12-6-3-7-13-21/h4-5,8-11,14,20H,3,6-7,12-13H2,1-2H3. The molecule has 6 heteroatoms. The molecule has 1 aliphatic heterocycles. The zero-order chi connectivity index (χ0) is 17.9. The van der Waals surface area contributed by atoms with Gasteiger partial charge in [-0.1, -0.05) is 18.2 Å². The van der Waals surface area contributed by atoms with E-state index in [2.05, 4.69) is 9.62 Å². The van der Waals surface area contributed by atoms with E-state index in [1.165, 1.54) is 13.5 Å². The van der Waals surface area contributed by atoms with Crippen molar-refractivity contribution >= 4 is 21.4 Å². The fourth-order valence-corrected chi connectivity index (χ4v) is 4.49. The number of nitrogens with one attached hydrogen (secondary N) is 1. The highest BCUT2D eigenvalue weighted by atomic mass is 32.2. The second-order valence-corrected chi connectivity index (χ2v) is 7.98. The summed E-state index contributed by atoms with van der Waals surface area (Å²) in [4.78, 5) is 2.40. The zero-order valence-corrected chi connectivity index (χ0v) is 15.5. The number of nitrogens with zero attached hydrogens (tertiary/aromatic N) is 1. The van der Waals surface area contributed by atoms with Gasteiger partial charge >= 0.3 is 0 Å². The molecule has 1 heterocycles. The summed E-state index contributed by atoms with van der Waals surface area (Å²) >= 11 is 0. The van der Waals surface area contributed by atoms with Crippen molar-refractivity contribution in [1.29, 1.82) is 0 Å². The van der Waals surface area contributed by atoms with E-state index in [1.807, 2.05) is 37.3 Å². The number of anilines is 2. The van der Waals surface area contributed by atoms with Crippen molar-refractivity contribution in [3.63, 3.8) is 0 Å². The highest BCUT2D eigenvalue weighted by molar-refractivity contribution is 7.92. The minimum atomic E-state index is -3.74. The predicted octanol–water partition coefficient (Wildman–Crippen LogP) is 3.79. The van der Waals surface area contributed by atoms with Crippen LogP contribution in [-0.2, 0) is 10.0 Å². The first kappa shape index (κ1) is 17.6. The lowest BCUT2D eigenvalue weighted by atomic mass is 10.1. The molecule has 0 spiro atoms. The van der Waals surface area contributed by atoms with Crippen LogP contribution in [-0.4, -0.2) is 28.6 Å². The van der Waals surface area contributed by atoms with E-state index in [9.17, 15) is 8.42 Å². The van der Waals surface area contributed by atoms with E-state index < -0.39 is 10.0 Å². The van der Waals surface area contributed by atoms with Gasteiger partial charge in [-0.3, -0.25) is 4.72 Å². The Morgan fingerprint density at radius 3 is 2.48 bits per heavy atom. The molecule has 1 N–H and O–H groups in total. The SMILES string of the molecule is COc1ccc(C)cc1S(=O)(=O)Nc1ccccc1N1CCCCC1. The van der Waals surface area contributed by atoms with Gasteiger partial charge in [-0.25, -0.2) is 8.42 Å². The number of hydrogen-bond acceptors (Lipinski definition) is 4. The second-order valence-electron chi connectivity index (χ2n) is 6.32. The van der Waals surface area contributed by atoms with Crippen LogP contribution < -0.4 is 14.4 Å². The number of benzene rings is 2. The average molecular weight is 360 g/mol. The summed E-state index contributed by atoms with van der Waals surface area (Å²) in [7, 11) is -2.26. The van der Waals surface area contributed by atoms with Crippen molar-refractivity contribution in [1.82, 2.24) is 0 Å². The van der Waals surface area contributed by atoms with Crippen molar-refractivity contribution in [2.75, 3.05) is 29.8 Å². The third-order valence-corrected chi connectivity index (χ3v) is 5.84. The van der Waals surface area contributed by atoms with E-state index >= 15 is 0 Å². The van der Waals surface area contributed by atoms with Crippen LogP contribution >= 0.6 is 0 Å². The number of piperidine rings is 1. The summed E-state index contributed by atoms with van der Waals surface area (Å²) in [5.41, 5.74) is 2.40. The molecule has 0 aliphatic carbocycles. The van der Waals surface area contributed by atoms with Gasteiger partial charge in [0.15, 0.2) is 0 Å². The quantitative estimate of drug-likeness (QED) is 0.881. The molecule has 2 aromatic rings. The molecule has 1 aliphatic rings. The summed E-state index contributed by atoms with van der Waals surface area (Å²) in [6.45, 7) is 3.76. The monoisotopic (exact) mass is 360 g/mol. The summed E-state index contributed by atoms with van der Waals surface area (Å²) in [5.74, 6) is 0.341. The van der Waals surface area contributed by atoms with Gasteiger partial charge in [-0.05, 0) is 56.0 Å². The van der Waals surface area contributed by atoms with Gasteiger partial charge in [0.1, 0.15) is 10.6 Å². The Balaban J connectivity index is 1.95. The molecule has 0 radical (unpaired) electrons. The van der Waals surface area contributed by atoms with Crippen LogP contribution in [0.25, 0.3) is 0 Å². The lowest BCUT2D eigenvalue weighted by Gasteiger charge is -2.30. The largest absolute Gasteiger partial charge is 0.495 e. The van der Waals surface area contributed by atoms with Gasteiger partial charge in [0.25, 0.3) is 10.0 Å². The van der Waals surface area contributed by atoms with Crippen LogP contribution in [0.5, 0.6) is 5.75 Å². The lowest BCUT2D eigenvalue weighted by molar-refractivity contribution is 0.402. The first-order valence-corrected chi connectivity index (χ1v) is 10.0. The average Bonchev–Trinajstić information content (AvgIpc) is 2.62. The maximum absolute atomic E-state index is 13.0. The molecular weight excluding hydrogens is 336 g/mol. The maximum atomic E-state index is 13.0. The molecule has 1 fully saturated rings. The minimum absolute atomic E-state index is 0.156. The topological polar surface area (TPSA) is 58.6 Å². The molecule has 0 aromatic heterocycles. The van der Waals surface area contributed by atoms with Crippen molar-refractivity contribution in [2.24, 2.45) is 0 Å². The number of sulfonamides is 1. The molecule has 25 heavy (non-hydrogen) atoms. The Bertz CT molecular complexity index is 843. The maximum Gasteiger partial charge on any atom is 0.265 e. The normalized spacial score (nSPS) is 15.0. The Hall–Kier alpha value is -2.21. The Morgan fingerprint density at radius 1 is 1.04 bits per heavy atom. The molecule has 5 nitrogen and oxygen atoms in total. The van der Waals surface area contributed by atoms with E-state index in [0.29, 0.717) is 11.4 Å². The fourth-order valence-electron chi connectivity index (χ4n) is 3.16. The smallest absolute Gasteiger partial charge is 0.265 e. The van der Waals surface area contributed by atoms with Crippen molar-refractivity contribution < 1.29 is 13.2 Å². The molecular formula is C19H24N2O3S. The van der Waals surface area contributed by atoms with Crippen LogP contribution in [0.2, 0.25) is 0 Å². The Morgan fingerprint density at radius 2 is 1.76 bits per heavy atom. The van der Waals surface area contributed by atoms with Crippen LogP contribution in [0.3, 0.4) is 0 Å². The highest BCUT2D eigenvalue weighted by Crippen LogP contribution is 2.32. The first-order chi connectivity index (χ1) is 12.0. The number of para-hydroxylation sites is 2. The number of hydrogen-bond donors (Lipinski definition) is 1. The van der Waals surface area contributed by atoms with Crippen LogP contribution in [0.15, 0.2) is 47.4 Å². The third kappa shape index (κ3) is 3.90. The predicted molar refractivity (Wildman–Crippen MR) is 101 cm³/mol. The second kappa shape index (κ2) is 7.35. The van der Waals surface area contributed by atoms with Gasteiger partial charge < -0.3 is 9.64 Å². The Labute approximate surface area is 149 Å². The number of aryl methyl sites for hydroxylation is 1. The summed E-state index contributed by atoms with van der Waals surface area (Å²) in [6.07, 6.45) is 3.49. The fraction of sp³-hybridized carbons (Fsp3) is 0.368. The van der Waals surface area contributed by atoms with Crippen molar-refractivity contribution in [3.8, 4) is 5.75 Å². The molecule has 0 saturated carbocycles. The first-order valence-electron chi connectivity index (χ1n) is 8.53. The minimum Gasteiger partial charge on any atom is -0.495 e. The third-order valence-electron chi connectivity index (χ3n) is 4.45. The van der Waals surface area contributed by atoms with Crippen LogP contribution in [0.4, 0.5) is 11.4 Å². The molecule has 0 bridgehead atoms. The van der Waals surface area contributed by atoms with E-state index in [0.717, 1.165) is 37.2 Å². The van der Waals surface area contributed by atoms with Gasteiger partial charge in [-0.2, -0.15) is 0 Å². The molecule has 0 atom stereocenters. The van der Waals surface area contributed by atoms with Crippen LogP contribution in [0.1, 0.15) is 24.8 Å². The highest BCUT2D eigenvalue weighted by Gasteiger charge is 2.22. The van der Waals surface area contributed by atoms with E-state index in [4.69, 9.17) is 4.74 Å². The van der Waals surface area contributed by atoms with Gasteiger partial charge in [-0.15, -0.1) is 0 Å². The van der Waals surface area contributed by atoms with Gasteiger partial charge in [0, 0.05) is 13.1 Å².